The molecule has 0 atom stereocenters. The first-order valence-electron chi connectivity index (χ1n) is 5.99. The smallest absolute Gasteiger partial charge is 0.164 e. The highest BCUT2D eigenvalue weighted by atomic mass is 32.2. The van der Waals surface area contributed by atoms with Crippen LogP contribution in [0.15, 0.2) is 29.2 Å². The van der Waals surface area contributed by atoms with E-state index in [2.05, 4.69) is 25.0 Å². The number of thioether (sulfide) groups is 1. The van der Waals surface area contributed by atoms with Crippen LogP contribution in [-0.4, -0.2) is 20.1 Å². The Morgan fingerprint density at radius 2 is 1.94 bits per heavy atom. The maximum Gasteiger partial charge on any atom is 0.164 e. The fourth-order valence-electron chi connectivity index (χ4n) is 1.80. The highest BCUT2D eigenvalue weighted by molar-refractivity contribution is 8.00. The number of hydrogen-bond donors (Lipinski definition) is 1. The van der Waals surface area contributed by atoms with Gasteiger partial charge >= 0.3 is 0 Å². The lowest BCUT2D eigenvalue weighted by atomic mass is 10.1. The van der Waals surface area contributed by atoms with Crippen molar-refractivity contribution in [1.82, 2.24) is 9.78 Å². The molecule has 1 N–H and O–H groups in total. The lowest BCUT2D eigenvalue weighted by Crippen LogP contribution is -1.93. The van der Waals surface area contributed by atoms with Gasteiger partial charge in [-0.2, -0.15) is 5.10 Å². The highest BCUT2D eigenvalue weighted by Gasteiger charge is 2.16. The van der Waals surface area contributed by atoms with Gasteiger partial charge in [-0.3, -0.25) is 4.68 Å². The zero-order chi connectivity index (χ0) is 13.3. The number of nitrogens with zero attached hydrogens (tertiary/aromatic N) is 2. The zero-order valence-corrected chi connectivity index (χ0v) is 12.0. The largest absolute Gasteiger partial charge is 0.504 e. The van der Waals surface area contributed by atoms with Gasteiger partial charge in [0.2, 0.25) is 0 Å². The molecule has 4 heteroatoms. The Morgan fingerprint density at radius 1 is 1.28 bits per heavy atom. The summed E-state index contributed by atoms with van der Waals surface area (Å²) in [6.07, 6.45) is 0. The van der Waals surface area contributed by atoms with Crippen LogP contribution in [-0.2, 0) is 7.05 Å². The SMILES string of the molecule is Cc1c(O)c(-c2ccccc2SC(C)C)nn1C. The van der Waals surface area contributed by atoms with E-state index < -0.39 is 0 Å². The molecular weight excluding hydrogens is 244 g/mol. The summed E-state index contributed by atoms with van der Waals surface area (Å²) >= 11 is 1.78. The van der Waals surface area contributed by atoms with Crippen LogP contribution in [0.4, 0.5) is 0 Å². The predicted molar refractivity (Wildman–Crippen MR) is 76.0 cm³/mol. The van der Waals surface area contributed by atoms with Gasteiger partial charge in [-0.1, -0.05) is 32.0 Å². The van der Waals surface area contributed by atoms with Gasteiger partial charge in [0.05, 0.1) is 5.69 Å². The molecule has 0 aliphatic heterocycles. The summed E-state index contributed by atoms with van der Waals surface area (Å²) in [5.41, 5.74) is 2.45. The molecule has 0 amide bonds. The number of benzene rings is 1. The first kappa shape index (κ1) is 13.0. The first-order chi connectivity index (χ1) is 8.50. The molecule has 0 aliphatic rings. The molecule has 0 saturated heterocycles. The molecule has 0 radical (unpaired) electrons. The summed E-state index contributed by atoms with van der Waals surface area (Å²) in [5, 5.41) is 15.0. The van der Waals surface area contributed by atoms with Crippen LogP contribution in [0.3, 0.4) is 0 Å². The van der Waals surface area contributed by atoms with Crippen molar-refractivity contribution in [3.63, 3.8) is 0 Å². The molecular formula is C14H18N2OS. The zero-order valence-electron chi connectivity index (χ0n) is 11.1. The van der Waals surface area contributed by atoms with E-state index in [0.717, 1.165) is 16.2 Å². The third kappa shape index (κ3) is 2.38. The lowest BCUT2D eigenvalue weighted by Gasteiger charge is -2.09. The summed E-state index contributed by atoms with van der Waals surface area (Å²) in [6.45, 7) is 6.18. The number of aromatic hydroxyl groups is 1. The minimum atomic E-state index is 0.273. The van der Waals surface area contributed by atoms with Gasteiger partial charge in [0, 0.05) is 22.8 Å². The molecule has 0 fully saturated rings. The summed E-state index contributed by atoms with van der Waals surface area (Å²) in [4.78, 5) is 1.15. The van der Waals surface area contributed by atoms with E-state index in [1.165, 1.54) is 0 Å². The van der Waals surface area contributed by atoms with Gasteiger partial charge in [0.25, 0.3) is 0 Å². The van der Waals surface area contributed by atoms with Crippen molar-refractivity contribution in [3.05, 3.63) is 30.0 Å². The van der Waals surface area contributed by atoms with Crippen LogP contribution < -0.4 is 0 Å². The summed E-state index contributed by atoms with van der Waals surface area (Å²) in [6, 6.07) is 8.07. The second-order valence-electron chi connectivity index (χ2n) is 4.57. The van der Waals surface area contributed by atoms with Crippen LogP contribution in [0, 0.1) is 6.92 Å². The maximum absolute atomic E-state index is 10.1. The van der Waals surface area contributed by atoms with Crippen LogP contribution >= 0.6 is 11.8 Å². The van der Waals surface area contributed by atoms with Gasteiger partial charge < -0.3 is 5.11 Å². The van der Waals surface area contributed by atoms with Crippen LogP contribution in [0.2, 0.25) is 0 Å². The molecule has 1 aromatic carbocycles. The highest BCUT2D eigenvalue weighted by Crippen LogP contribution is 2.37. The Hall–Kier alpha value is -1.42. The summed E-state index contributed by atoms with van der Waals surface area (Å²) < 4.78 is 1.71. The van der Waals surface area contributed by atoms with E-state index in [0.29, 0.717) is 10.9 Å². The number of hydrogen-bond acceptors (Lipinski definition) is 3. The molecule has 0 unspecified atom stereocenters. The Labute approximate surface area is 112 Å². The van der Waals surface area contributed by atoms with Crippen LogP contribution in [0.1, 0.15) is 19.5 Å². The van der Waals surface area contributed by atoms with Gasteiger partial charge in [-0.15, -0.1) is 11.8 Å². The Bertz CT molecular complexity index is 561. The van der Waals surface area contributed by atoms with Crippen molar-refractivity contribution in [2.24, 2.45) is 7.05 Å². The third-order valence-corrected chi connectivity index (χ3v) is 3.89. The molecule has 2 rings (SSSR count). The molecule has 18 heavy (non-hydrogen) atoms. The van der Waals surface area contributed by atoms with Crippen LogP contribution in [0.25, 0.3) is 11.3 Å². The van der Waals surface area contributed by atoms with E-state index in [1.54, 1.807) is 16.4 Å². The van der Waals surface area contributed by atoms with E-state index in [1.807, 2.05) is 32.2 Å². The van der Waals surface area contributed by atoms with Crippen molar-refractivity contribution in [3.8, 4) is 17.0 Å². The normalized spacial score (nSPS) is 11.2. The van der Waals surface area contributed by atoms with Gasteiger partial charge in [0.15, 0.2) is 5.75 Å². The summed E-state index contributed by atoms with van der Waals surface area (Å²) in [7, 11) is 1.84. The monoisotopic (exact) mass is 262 g/mol. The van der Waals surface area contributed by atoms with Gasteiger partial charge in [-0.05, 0) is 13.0 Å². The Balaban J connectivity index is 2.53. The lowest BCUT2D eigenvalue weighted by molar-refractivity contribution is 0.471. The molecule has 0 bridgehead atoms. The second kappa shape index (κ2) is 5.06. The molecule has 3 nitrogen and oxygen atoms in total. The third-order valence-electron chi connectivity index (χ3n) is 2.81. The van der Waals surface area contributed by atoms with Crippen molar-refractivity contribution in [1.29, 1.82) is 0 Å². The quantitative estimate of drug-likeness (QED) is 0.859. The topological polar surface area (TPSA) is 38.1 Å². The molecule has 0 spiro atoms. The van der Waals surface area contributed by atoms with Crippen molar-refractivity contribution in [2.45, 2.75) is 30.9 Å². The molecule has 2 aromatic rings. The average Bonchev–Trinajstić information content (AvgIpc) is 2.57. The van der Waals surface area contributed by atoms with Gasteiger partial charge in [-0.25, -0.2) is 0 Å². The van der Waals surface area contributed by atoms with E-state index in [9.17, 15) is 5.11 Å². The fourth-order valence-corrected chi connectivity index (χ4v) is 2.75. The number of aryl methyl sites for hydroxylation is 1. The molecule has 0 saturated carbocycles. The van der Waals surface area contributed by atoms with E-state index in [4.69, 9.17) is 0 Å². The molecule has 1 heterocycles. The van der Waals surface area contributed by atoms with Crippen molar-refractivity contribution < 1.29 is 5.11 Å². The maximum atomic E-state index is 10.1. The standard InChI is InChI=1S/C14H18N2OS/c1-9(2)18-12-8-6-5-7-11(12)13-14(17)10(3)16(4)15-13/h5-9,17H,1-4H3. The minimum Gasteiger partial charge on any atom is -0.504 e. The van der Waals surface area contributed by atoms with Gasteiger partial charge in [0.1, 0.15) is 5.69 Å². The molecule has 96 valence electrons. The van der Waals surface area contributed by atoms with E-state index >= 15 is 0 Å². The molecule has 1 aromatic heterocycles. The van der Waals surface area contributed by atoms with Crippen molar-refractivity contribution >= 4 is 11.8 Å². The van der Waals surface area contributed by atoms with E-state index in [-0.39, 0.29) is 5.75 Å². The Morgan fingerprint density at radius 3 is 2.50 bits per heavy atom. The van der Waals surface area contributed by atoms with Crippen molar-refractivity contribution in [2.75, 3.05) is 0 Å². The first-order valence-corrected chi connectivity index (χ1v) is 6.87. The van der Waals surface area contributed by atoms with Crippen LogP contribution in [0.5, 0.6) is 5.75 Å². The number of aromatic nitrogens is 2. The fraction of sp³-hybridized carbons (Fsp3) is 0.357. The molecule has 0 aliphatic carbocycles. The predicted octanol–water partition coefficient (Wildman–Crippen LogP) is 3.60. The Kier molecular flexibility index (Phi) is 3.66. The summed E-state index contributed by atoms with van der Waals surface area (Å²) in [5.74, 6) is 0.273. The number of rotatable bonds is 3. The average molecular weight is 262 g/mol. The minimum absolute atomic E-state index is 0.273. The second-order valence-corrected chi connectivity index (χ2v) is 6.19.